The summed E-state index contributed by atoms with van der Waals surface area (Å²) in [5, 5.41) is 0. The van der Waals surface area contributed by atoms with Crippen LogP contribution in [0.2, 0.25) is 0 Å². The Labute approximate surface area is 107 Å². The van der Waals surface area contributed by atoms with E-state index in [4.69, 9.17) is 33.2 Å². The molecule has 0 saturated carbocycles. The van der Waals surface area contributed by atoms with E-state index in [-0.39, 0.29) is 5.41 Å². The quantitative estimate of drug-likeness (QED) is 0.543. The van der Waals surface area contributed by atoms with Gasteiger partial charge in [-0.2, -0.15) is 0 Å². The standard InChI is InChI=1S/C11H15Cl3Si/c1-11(2,3)10-6-4-9(5-7-10)8-15(12,13)14/h4-7H,8H2,1-3H3. The highest BCUT2D eigenvalue weighted by Crippen LogP contribution is 2.27. The van der Waals surface area contributed by atoms with Crippen LogP contribution < -0.4 is 0 Å². The van der Waals surface area contributed by atoms with E-state index in [2.05, 4.69) is 45.0 Å². The van der Waals surface area contributed by atoms with Crippen molar-refractivity contribution in [3.63, 3.8) is 0 Å². The van der Waals surface area contributed by atoms with E-state index < -0.39 is 6.00 Å². The van der Waals surface area contributed by atoms with Gasteiger partial charge < -0.3 is 0 Å². The van der Waals surface area contributed by atoms with Gasteiger partial charge in [-0.15, -0.1) is 33.2 Å². The van der Waals surface area contributed by atoms with Crippen LogP contribution in [0.5, 0.6) is 0 Å². The zero-order chi connectivity index (χ0) is 11.7. The van der Waals surface area contributed by atoms with E-state index >= 15 is 0 Å². The Morgan fingerprint density at radius 1 is 1.00 bits per heavy atom. The molecule has 0 aliphatic rings. The largest absolute Gasteiger partial charge is 0.345 e. The number of halogens is 3. The second-order valence-electron chi connectivity index (χ2n) is 4.74. The Balaban J connectivity index is 2.82. The van der Waals surface area contributed by atoms with Crippen LogP contribution in [0, 0.1) is 0 Å². The van der Waals surface area contributed by atoms with E-state index in [0.29, 0.717) is 6.04 Å². The van der Waals surface area contributed by atoms with Crippen LogP contribution >= 0.6 is 33.2 Å². The van der Waals surface area contributed by atoms with Gasteiger partial charge in [-0.05, 0) is 16.5 Å². The summed E-state index contributed by atoms with van der Waals surface area (Å²) >= 11 is 17.6. The van der Waals surface area contributed by atoms with Gasteiger partial charge in [0.2, 0.25) is 0 Å². The molecule has 0 bridgehead atoms. The maximum Gasteiger partial charge on any atom is 0.345 e. The lowest BCUT2D eigenvalue weighted by Crippen LogP contribution is -2.15. The van der Waals surface area contributed by atoms with Gasteiger partial charge in [0, 0.05) is 6.04 Å². The topological polar surface area (TPSA) is 0 Å². The summed E-state index contributed by atoms with van der Waals surface area (Å²) in [6.45, 7) is 6.56. The summed E-state index contributed by atoms with van der Waals surface area (Å²) in [5.41, 5.74) is 2.59. The van der Waals surface area contributed by atoms with Crippen LogP contribution in [0.1, 0.15) is 31.9 Å². The van der Waals surface area contributed by atoms with Gasteiger partial charge in [-0.25, -0.2) is 0 Å². The average Bonchev–Trinajstić information content (AvgIpc) is 2.00. The number of rotatable bonds is 2. The minimum atomic E-state index is -2.54. The summed E-state index contributed by atoms with van der Waals surface area (Å²) in [6.07, 6.45) is 0. The average molecular weight is 282 g/mol. The Hall–Kier alpha value is 0.307. The molecule has 0 radical (unpaired) electrons. The zero-order valence-corrected chi connectivity index (χ0v) is 12.4. The van der Waals surface area contributed by atoms with Crippen molar-refractivity contribution in [2.45, 2.75) is 32.2 Å². The predicted molar refractivity (Wildman–Crippen MR) is 72.2 cm³/mol. The Morgan fingerprint density at radius 3 is 1.80 bits per heavy atom. The highest BCUT2D eigenvalue weighted by molar-refractivity contribution is 7.64. The van der Waals surface area contributed by atoms with Crippen LogP contribution in [0.3, 0.4) is 0 Å². The lowest BCUT2D eigenvalue weighted by Gasteiger charge is -2.19. The van der Waals surface area contributed by atoms with Gasteiger partial charge in [0.1, 0.15) is 0 Å². The van der Waals surface area contributed by atoms with Gasteiger partial charge in [0.05, 0.1) is 0 Å². The van der Waals surface area contributed by atoms with Gasteiger partial charge in [0.25, 0.3) is 0 Å². The highest BCUT2D eigenvalue weighted by Gasteiger charge is 2.25. The van der Waals surface area contributed by atoms with Crippen molar-refractivity contribution in [1.29, 1.82) is 0 Å². The van der Waals surface area contributed by atoms with Crippen molar-refractivity contribution in [3.8, 4) is 0 Å². The molecular formula is C11H15Cl3Si. The van der Waals surface area contributed by atoms with Crippen molar-refractivity contribution in [2.24, 2.45) is 0 Å². The molecule has 4 heteroatoms. The first kappa shape index (κ1) is 13.4. The first-order valence-corrected chi connectivity index (χ1v) is 10.1. The van der Waals surface area contributed by atoms with Crippen molar-refractivity contribution < 1.29 is 0 Å². The molecule has 0 unspecified atom stereocenters. The number of hydrogen-bond acceptors (Lipinski definition) is 0. The third-order valence-corrected chi connectivity index (χ3v) is 4.24. The molecule has 84 valence electrons. The highest BCUT2D eigenvalue weighted by atomic mass is 35.8. The Bertz CT molecular complexity index is 319. The molecule has 0 aliphatic heterocycles. The smallest absolute Gasteiger partial charge is 0.126 e. The molecule has 0 aliphatic carbocycles. The van der Waals surface area contributed by atoms with Gasteiger partial charge in [-0.3, -0.25) is 0 Å². The fourth-order valence-electron chi connectivity index (χ4n) is 1.35. The molecule has 1 aromatic rings. The minimum Gasteiger partial charge on any atom is -0.126 e. The first-order chi connectivity index (χ1) is 6.68. The van der Waals surface area contributed by atoms with Gasteiger partial charge in [-0.1, -0.05) is 45.0 Å². The lowest BCUT2D eigenvalue weighted by molar-refractivity contribution is 0.590. The summed E-state index contributed by atoms with van der Waals surface area (Å²) in [5.74, 6) is 0. The summed E-state index contributed by atoms with van der Waals surface area (Å²) in [7, 11) is 0. The van der Waals surface area contributed by atoms with E-state index in [9.17, 15) is 0 Å². The molecule has 0 spiro atoms. The second kappa shape index (κ2) is 4.66. The maximum atomic E-state index is 5.87. The third-order valence-electron chi connectivity index (χ3n) is 2.22. The van der Waals surface area contributed by atoms with Crippen LogP contribution in [0.25, 0.3) is 0 Å². The molecule has 0 fully saturated rings. The number of benzene rings is 1. The lowest BCUT2D eigenvalue weighted by atomic mass is 9.87. The second-order valence-corrected chi connectivity index (χ2v) is 13.9. The third kappa shape index (κ3) is 4.77. The summed E-state index contributed by atoms with van der Waals surface area (Å²) in [6, 6.07) is 6.37. The van der Waals surface area contributed by atoms with E-state index in [1.165, 1.54) is 5.56 Å². The van der Waals surface area contributed by atoms with E-state index in [1.54, 1.807) is 0 Å². The van der Waals surface area contributed by atoms with Crippen LogP contribution in [0.4, 0.5) is 0 Å². The molecular weight excluding hydrogens is 267 g/mol. The molecule has 1 aromatic carbocycles. The summed E-state index contributed by atoms with van der Waals surface area (Å²) in [4.78, 5) is 0. The van der Waals surface area contributed by atoms with Gasteiger partial charge >= 0.3 is 6.00 Å². The molecule has 0 heterocycles. The maximum absolute atomic E-state index is 5.87. The van der Waals surface area contributed by atoms with Gasteiger partial charge in [0.15, 0.2) is 0 Å². The Morgan fingerprint density at radius 2 is 1.47 bits per heavy atom. The van der Waals surface area contributed by atoms with Crippen molar-refractivity contribution in [2.75, 3.05) is 0 Å². The normalized spacial score (nSPS) is 12.9. The molecule has 0 saturated heterocycles. The van der Waals surface area contributed by atoms with Crippen LogP contribution in [0.15, 0.2) is 24.3 Å². The van der Waals surface area contributed by atoms with Crippen molar-refractivity contribution >= 4 is 39.2 Å². The fourth-order valence-corrected chi connectivity index (χ4v) is 3.44. The molecule has 15 heavy (non-hydrogen) atoms. The van der Waals surface area contributed by atoms with Crippen LogP contribution in [-0.4, -0.2) is 6.00 Å². The van der Waals surface area contributed by atoms with Crippen molar-refractivity contribution in [3.05, 3.63) is 35.4 Å². The first-order valence-electron chi connectivity index (χ1n) is 4.85. The van der Waals surface area contributed by atoms with Crippen molar-refractivity contribution in [1.82, 2.24) is 0 Å². The minimum absolute atomic E-state index is 0.177. The van der Waals surface area contributed by atoms with Crippen LogP contribution in [-0.2, 0) is 11.5 Å². The van der Waals surface area contributed by atoms with E-state index in [0.717, 1.165) is 5.56 Å². The zero-order valence-electron chi connectivity index (χ0n) is 9.15. The summed E-state index contributed by atoms with van der Waals surface area (Å²) < 4.78 is 0. The number of hydrogen-bond donors (Lipinski definition) is 0. The molecule has 0 aromatic heterocycles. The molecule has 1 rings (SSSR count). The Kier molecular flexibility index (Phi) is 4.16. The molecule has 0 amide bonds. The molecule has 0 N–H and O–H groups in total. The molecule has 0 atom stereocenters. The SMILES string of the molecule is CC(C)(C)c1ccc(C[Si](Cl)(Cl)Cl)cc1. The monoisotopic (exact) mass is 280 g/mol. The fraction of sp³-hybridized carbons (Fsp3) is 0.455. The van der Waals surface area contributed by atoms with E-state index in [1.807, 2.05) is 0 Å². The predicted octanol–water partition coefficient (Wildman–Crippen LogP) is 4.72. The molecule has 0 nitrogen and oxygen atoms in total.